The van der Waals surface area contributed by atoms with Crippen molar-refractivity contribution in [1.82, 2.24) is 0 Å². The van der Waals surface area contributed by atoms with Crippen LogP contribution in [-0.4, -0.2) is 27.4 Å². The van der Waals surface area contributed by atoms with Gasteiger partial charge in [-0.1, -0.05) is 44.2 Å². The van der Waals surface area contributed by atoms with Crippen LogP contribution in [0.2, 0.25) is 0 Å². The third-order valence-electron chi connectivity index (χ3n) is 5.83. The Bertz CT molecular complexity index is 1390. The smallest absolute Gasteiger partial charge is 0.275 e. The van der Waals surface area contributed by atoms with Crippen LogP contribution in [0.15, 0.2) is 79.4 Å². The summed E-state index contributed by atoms with van der Waals surface area (Å²) in [6.45, 7) is 4.10. The summed E-state index contributed by atoms with van der Waals surface area (Å²) in [6.07, 6.45) is 12.6. The van der Waals surface area contributed by atoms with Crippen molar-refractivity contribution in [2.45, 2.75) is 38.8 Å². The molecule has 3 aromatic carbocycles. The lowest BCUT2D eigenvalue weighted by molar-refractivity contribution is 0.339. The van der Waals surface area contributed by atoms with E-state index in [4.69, 9.17) is 10.5 Å². The minimum absolute atomic E-state index is 0.00315. The van der Waals surface area contributed by atoms with Gasteiger partial charge in [0.05, 0.1) is 45.1 Å². The van der Waals surface area contributed by atoms with E-state index in [-0.39, 0.29) is 29.3 Å². The Labute approximate surface area is 221 Å². The molecule has 3 aromatic rings. The Morgan fingerprint density at radius 2 is 1.37 bits per heavy atom. The summed E-state index contributed by atoms with van der Waals surface area (Å²) < 4.78 is 14.0. The second kappa shape index (κ2) is 14.4. The van der Waals surface area contributed by atoms with E-state index in [0.717, 1.165) is 18.4 Å². The van der Waals surface area contributed by atoms with Crippen molar-refractivity contribution in [3.05, 3.63) is 113 Å². The molecule has 0 fully saturated rings. The number of rotatable bonds is 9. The molecule has 9 heteroatoms. The van der Waals surface area contributed by atoms with E-state index in [1.807, 2.05) is 61.6 Å². The number of methoxy groups -OCH3 is 3. The van der Waals surface area contributed by atoms with E-state index < -0.39 is 21.7 Å². The third-order valence-corrected chi connectivity index (χ3v) is 5.83. The van der Waals surface area contributed by atoms with Crippen LogP contribution in [0.5, 0.6) is 17.2 Å². The first-order valence-corrected chi connectivity index (χ1v) is 12.1. The van der Waals surface area contributed by atoms with Crippen LogP contribution in [0.1, 0.15) is 38.3 Å². The molecule has 0 unspecified atom stereocenters. The normalized spacial score (nSPS) is 13.2. The monoisotopic (exact) mass is 521 g/mol. The van der Waals surface area contributed by atoms with Gasteiger partial charge >= 0.3 is 0 Å². The van der Waals surface area contributed by atoms with Gasteiger partial charge < -0.3 is 25.3 Å². The predicted molar refractivity (Wildman–Crippen MR) is 149 cm³/mol. The van der Waals surface area contributed by atoms with Gasteiger partial charge in [0.25, 0.3) is 21.7 Å². The summed E-state index contributed by atoms with van der Waals surface area (Å²) in [7, 11) is 4.03. The van der Waals surface area contributed by atoms with Crippen molar-refractivity contribution in [1.29, 1.82) is 0 Å². The Morgan fingerprint density at radius 1 is 0.816 bits per heavy atom. The van der Waals surface area contributed by atoms with Gasteiger partial charge in [-0.2, -0.15) is 0 Å². The standard InChI is InChI=1S/C14H15NO3.C9H12N.C6H6O4/c1-3-10(9-7-5-4-6-8-9)15-11-12(16)13(17)14(11)18-2;1-2-9(10)8-6-4-3-5-7-8;1-9-5-3(7)4(8)6(5)10-2/h4-8,10,15H,3H2,1-2H3;3-4,6-7,9H,2,10H2,1H3;1-2H3/q;+1;/t10-;9-;/m11./s1. The first-order valence-electron chi connectivity index (χ1n) is 12.1. The highest BCUT2D eigenvalue weighted by atomic mass is 16.5. The van der Waals surface area contributed by atoms with Gasteiger partial charge in [0.1, 0.15) is 17.8 Å². The van der Waals surface area contributed by atoms with Crippen LogP contribution in [0.25, 0.3) is 0 Å². The summed E-state index contributed by atoms with van der Waals surface area (Å²) in [4.78, 5) is 43.8. The first kappa shape index (κ1) is 29.9. The lowest BCUT2D eigenvalue weighted by Gasteiger charge is -2.20. The largest absolute Gasteiger partial charge is 0.491 e. The van der Waals surface area contributed by atoms with Crippen molar-refractivity contribution in [3.8, 4) is 17.2 Å². The highest BCUT2D eigenvalue weighted by Gasteiger charge is 2.24. The predicted octanol–water partition coefficient (Wildman–Crippen LogP) is 2.73. The molecule has 9 nitrogen and oxygen atoms in total. The van der Waals surface area contributed by atoms with Gasteiger partial charge in [0.2, 0.25) is 11.5 Å². The fraction of sp³-hybridized carbons (Fsp3) is 0.310. The summed E-state index contributed by atoms with van der Waals surface area (Å²) in [5.74, 6) is 0.175. The number of benzene rings is 1. The molecule has 0 radical (unpaired) electrons. The maximum absolute atomic E-state index is 11.5. The maximum atomic E-state index is 11.5. The van der Waals surface area contributed by atoms with Crippen molar-refractivity contribution in [2.75, 3.05) is 26.6 Å². The fourth-order valence-electron chi connectivity index (χ4n) is 3.57. The van der Waals surface area contributed by atoms with Crippen LogP contribution in [-0.2, 0) is 0 Å². The SMILES string of the molecule is CC[C@@H](N)C1=CC=C[C+]=C1.CC[C@@H](Nc1c(OC)c(=O)c1=O)c1ccccc1.COc1c(OC)c(=O)c1=O. The minimum atomic E-state index is -0.612. The number of anilines is 1. The Balaban J connectivity index is 0.000000216. The molecule has 1 aliphatic rings. The summed E-state index contributed by atoms with van der Waals surface area (Å²) in [5, 5.41) is 3.08. The topological polar surface area (TPSA) is 134 Å². The molecular weight excluding hydrogens is 488 g/mol. The molecule has 0 saturated heterocycles. The average Bonchev–Trinajstić information content (AvgIpc) is 2.97. The van der Waals surface area contributed by atoms with E-state index >= 15 is 0 Å². The number of hydrogen-bond acceptors (Lipinski definition) is 9. The van der Waals surface area contributed by atoms with Crippen molar-refractivity contribution in [3.63, 3.8) is 0 Å². The van der Waals surface area contributed by atoms with Gasteiger partial charge in [-0.3, -0.25) is 19.2 Å². The molecule has 0 aromatic heterocycles. The van der Waals surface area contributed by atoms with Crippen LogP contribution in [0.4, 0.5) is 5.69 Å². The molecule has 0 amide bonds. The molecule has 0 aliphatic heterocycles. The van der Waals surface area contributed by atoms with Crippen LogP contribution >= 0.6 is 0 Å². The summed E-state index contributed by atoms with van der Waals surface area (Å²) in [6, 6.07) is 9.98. The summed E-state index contributed by atoms with van der Waals surface area (Å²) >= 11 is 0. The molecular formula is C29H33N2O7+. The number of allylic oxidation sites excluding steroid dienone is 4. The number of hydrogen-bond donors (Lipinski definition) is 2. The molecule has 200 valence electrons. The molecule has 4 rings (SSSR count). The number of nitrogens with two attached hydrogens (primary N) is 1. The lowest BCUT2D eigenvalue weighted by Crippen LogP contribution is -2.36. The molecule has 1 aliphatic carbocycles. The molecule has 0 spiro atoms. The van der Waals surface area contributed by atoms with Crippen LogP contribution in [0, 0.1) is 6.08 Å². The van der Waals surface area contributed by atoms with Crippen molar-refractivity contribution in [2.24, 2.45) is 5.73 Å². The zero-order valence-corrected chi connectivity index (χ0v) is 22.2. The lowest BCUT2D eigenvalue weighted by atomic mass is 10.0. The average molecular weight is 522 g/mol. The van der Waals surface area contributed by atoms with Crippen LogP contribution in [0.3, 0.4) is 0 Å². The van der Waals surface area contributed by atoms with Crippen LogP contribution < -0.4 is 47.0 Å². The van der Waals surface area contributed by atoms with Gasteiger partial charge in [0, 0.05) is 12.2 Å². The van der Waals surface area contributed by atoms with Gasteiger partial charge in [-0.15, -0.1) is 0 Å². The summed E-state index contributed by atoms with van der Waals surface area (Å²) in [5.41, 5.74) is 6.04. The van der Waals surface area contributed by atoms with E-state index in [9.17, 15) is 19.2 Å². The van der Waals surface area contributed by atoms with E-state index in [2.05, 4.69) is 27.8 Å². The second-order valence-electron chi connectivity index (χ2n) is 8.16. The molecule has 3 N–H and O–H groups in total. The minimum Gasteiger partial charge on any atom is -0.491 e. The Morgan fingerprint density at radius 3 is 1.82 bits per heavy atom. The molecule has 0 saturated carbocycles. The molecule has 0 bridgehead atoms. The highest BCUT2D eigenvalue weighted by Crippen LogP contribution is 2.25. The fourth-order valence-corrected chi connectivity index (χ4v) is 3.57. The van der Waals surface area contributed by atoms with E-state index in [1.165, 1.54) is 26.9 Å². The Kier molecular flexibility index (Phi) is 11.3. The maximum Gasteiger partial charge on any atom is 0.275 e. The van der Waals surface area contributed by atoms with Gasteiger partial charge in [-0.05, 0) is 18.4 Å². The third kappa shape index (κ3) is 6.91. The van der Waals surface area contributed by atoms with E-state index in [0.29, 0.717) is 5.69 Å². The van der Waals surface area contributed by atoms with Gasteiger partial charge in [-0.25, -0.2) is 0 Å². The molecule has 38 heavy (non-hydrogen) atoms. The number of nitrogens with one attached hydrogen (secondary N) is 1. The number of ether oxygens (including phenoxy) is 3. The first-order chi connectivity index (χ1) is 18.2. The zero-order valence-electron chi connectivity index (χ0n) is 22.2. The molecule has 2 atom stereocenters. The van der Waals surface area contributed by atoms with Gasteiger partial charge in [0.15, 0.2) is 5.75 Å². The zero-order chi connectivity index (χ0) is 28.2. The molecule has 0 heterocycles. The van der Waals surface area contributed by atoms with Crippen molar-refractivity contribution >= 4 is 5.69 Å². The quantitative estimate of drug-likeness (QED) is 0.322. The highest BCUT2D eigenvalue weighted by molar-refractivity contribution is 5.62. The second-order valence-corrected chi connectivity index (χ2v) is 8.16. The van der Waals surface area contributed by atoms with E-state index in [1.54, 1.807) is 0 Å². The van der Waals surface area contributed by atoms with Crippen molar-refractivity contribution < 1.29 is 14.2 Å². The Hall–Kier alpha value is -4.33.